The maximum atomic E-state index is 13.0. The fourth-order valence-corrected chi connectivity index (χ4v) is 3.80. The molecule has 1 amide bonds. The van der Waals surface area contributed by atoms with E-state index in [0.717, 1.165) is 50.1 Å². The van der Waals surface area contributed by atoms with E-state index in [1.165, 1.54) is 0 Å². The molecule has 25 heavy (non-hydrogen) atoms. The molecule has 0 bridgehead atoms. The fraction of sp³-hybridized carbons (Fsp3) is 0.579. The number of para-hydroxylation sites is 2. The molecule has 2 heterocycles. The number of amides is 1. The van der Waals surface area contributed by atoms with Gasteiger partial charge in [-0.15, -0.1) is 0 Å². The molecule has 1 aliphatic carbocycles. The van der Waals surface area contributed by atoms with Crippen molar-refractivity contribution in [2.45, 2.75) is 45.3 Å². The van der Waals surface area contributed by atoms with Gasteiger partial charge in [-0.2, -0.15) is 0 Å². The third-order valence-electron chi connectivity index (χ3n) is 5.32. The Kier molecular flexibility index (Phi) is 4.37. The third-order valence-corrected chi connectivity index (χ3v) is 5.32. The van der Waals surface area contributed by atoms with Crippen LogP contribution in [-0.4, -0.2) is 45.7 Å². The number of nitrogens with zero attached hydrogens (tertiary/aromatic N) is 3. The van der Waals surface area contributed by atoms with E-state index in [1.807, 2.05) is 36.1 Å². The Labute approximate surface area is 147 Å². The van der Waals surface area contributed by atoms with Crippen LogP contribution in [0, 0.1) is 5.92 Å². The Morgan fingerprint density at radius 3 is 2.52 bits per heavy atom. The third kappa shape index (κ3) is 3.11. The van der Waals surface area contributed by atoms with Crippen LogP contribution in [0.15, 0.2) is 29.1 Å². The van der Waals surface area contributed by atoms with E-state index in [-0.39, 0.29) is 18.1 Å². The summed E-state index contributed by atoms with van der Waals surface area (Å²) in [7, 11) is 0. The lowest BCUT2D eigenvalue weighted by molar-refractivity contribution is -0.133. The summed E-state index contributed by atoms with van der Waals surface area (Å²) in [6.07, 6.45) is 3.17. The molecule has 1 atom stereocenters. The van der Waals surface area contributed by atoms with Crippen LogP contribution in [0.3, 0.4) is 0 Å². The molecule has 0 radical (unpaired) electrons. The number of aryl methyl sites for hydroxylation is 1. The van der Waals surface area contributed by atoms with Crippen molar-refractivity contribution < 1.29 is 9.53 Å². The molecule has 2 aromatic rings. The smallest absolute Gasteiger partial charge is 0.329 e. The highest BCUT2D eigenvalue weighted by Crippen LogP contribution is 2.29. The summed E-state index contributed by atoms with van der Waals surface area (Å²) < 4.78 is 8.81. The molecule has 0 spiro atoms. The van der Waals surface area contributed by atoms with Gasteiger partial charge in [0, 0.05) is 31.7 Å². The molecule has 2 fully saturated rings. The molecular weight excluding hydrogens is 318 g/mol. The maximum Gasteiger partial charge on any atom is 0.329 e. The van der Waals surface area contributed by atoms with Gasteiger partial charge >= 0.3 is 5.69 Å². The first-order valence-corrected chi connectivity index (χ1v) is 9.24. The van der Waals surface area contributed by atoms with E-state index in [9.17, 15) is 9.59 Å². The highest BCUT2D eigenvalue weighted by Gasteiger charge is 2.35. The monoisotopic (exact) mass is 343 g/mol. The molecule has 6 nitrogen and oxygen atoms in total. The average molecular weight is 343 g/mol. The predicted molar refractivity (Wildman–Crippen MR) is 95.5 cm³/mol. The zero-order valence-electron chi connectivity index (χ0n) is 14.7. The van der Waals surface area contributed by atoms with E-state index < -0.39 is 0 Å². The van der Waals surface area contributed by atoms with E-state index in [1.54, 1.807) is 9.13 Å². The first-order chi connectivity index (χ1) is 12.2. The van der Waals surface area contributed by atoms with Gasteiger partial charge in [0.1, 0.15) is 6.54 Å². The van der Waals surface area contributed by atoms with Crippen molar-refractivity contribution in [3.05, 3.63) is 34.7 Å². The average Bonchev–Trinajstić information content (AvgIpc) is 3.26. The van der Waals surface area contributed by atoms with Crippen molar-refractivity contribution in [3.8, 4) is 0 Å². The number of benzene rings is 1. The van der Waals surface area contributed by atoms with Gasteiger partial charge in [-0.05, 0) is 38.3 Å². The SMILES string of the molecule is CCn1c(=O)n(CC(=O)N(CC2CCOC2)C2CC2)c2ccccc21. The second-order valence-electron chi connectivity index (χ2n) is 7.11. The van der Waals surface area contributed by atoms with Crippen LogP contribution in [0.4, 0.5) is 0 Å². The molecule has 4 rings (SSSR count). The molecular formula is C19H25N3O3. The van der Waals surface area contributed by atoms with Crippen LogP contribution < -0.4 is 5.69 Å². The molecule has 6 heteroatoms. The number of hydrogen-bond acceptors (Lipinski definition) is 3. The van der Waals surface area contributed by atoms with Crippen LogP contribution in [0.25, 0.3) is 11.0 Å². The zero-order valence-corrected chi connectivity index (χ0v) is 14.7. The topological polar surface area (TPSA) is 56.5 Å². The summed E-state index contributed by atoms with van der Waals surface area (Å²) in [6, 6.07) is 8.05. The molecule has 0 N–H and O–H groups in total. The minimum absolute atomic E-state index is 0.0514. The lowest BCUT2D eigenvalue weighted by Gasteiger charge is -2.25. The first kappa shape index (κ1) is 16.4. The van der Waals surface area contributed by atoms with E-state index in [2.05, 4.69) is 0 Å². The van der Waals surface area contributed by atoms with Crippen molar-refractivity contribution in [1.29, 1.82) is 0 Å². The summed E-state index contributed by atoms with van der Waals surface area (Å²) in [4.78, 5) is 27.7. The van der Waals surface area contributed by atoms with Crippen molar-refractivity contribution in [2.75, 3.05) is 19.8 Å². The van der Waals surface area contributed by atoms with Crippen LogP contribution in [0.1, 0.15) is 26.2 Å². The van der Waals surface area contributed by atoms with Crippen LogP contribution in [-0.2, 0) is 22.6 Å². The molecule has 1 saturated carbocycles. The van der Waals surface area contributed by atoms with Crippen molar-refractivity contribution in [3.63, 3.8) is 0 Å². The minimum Gasteiger partial charge on any atom is -0.381 e. The highest BCUT2D eigenvalue weighted by molar-refractivity contribution is 5.81. The largest absolute Gasteiger partial charge is 0.381 e. The lowest BCUT2D eigenvalue weighted by Crippen LogP contribution is -2.41. The number of aromatic nitrogens is 2. The quantitative estimate of drug-likeness (QED) is 0.804. The van der Waals surface area contributed by atoms with Gasteiger partial charge in [0.05, 0.1) is 17.6 Å². The van der Waals surface area contributed by atoms with Gasteiger partial charge in [-0.1, -0.05) is 12.1 Å². The second-order valence-corrected chi connectivity index (χ2v) is 7.11. The normalized spacial score (nSPS) is 20.3. The summed E-state index contributed by atoms with van der Waals surface area (Å²) in [5.41, 5.74) is 1.63. The van der Waals surface area contributed by atoms with E-state index >= 15 is 0 Å². The highest BCUT2D eigenvalue weighted by atomic mass is 16.5. The summed E-state index contributed by atoms with van der Waals surface area (Å²) >= 11 is 0. The van der Waals surface area contributed by atoms with Gasteiger partial charge in [0.15, 0.2) is 0 Å². The Morgan fingerprint density at radius 2 is 1.92 bits per heavy atom. The molecule has 1 aromatic carbocycles. The lowest BCUT2D eigenvalue weighted by atomic mass is 10.1. The number of rotatable bonds is 6. The predicted octanol–water partition coefficient (Wildman–Crippen LogP) is 1.85. The molecule has 1 unspecified atom stereocenters. The molecule has 2 aliphatic rings. The van der Waals surface area contributed by atoms with Gasteiger partial charge < -0.3 is 9.64 Å². The Morgan fingerprint density at radius 1 is 1.20 bits per heavy atom. The maximum absolute atomic E-state index is 13.0. The standard InChI is InChI=1S/C19H25N3O3/c1-2-20-16-5-3-4-6-17(16)22(19(20)24)12-18(23)21(15-7-8-15)11-14-9-10-25-13-14/h3-6,14-15H,2,7-13H2,1H3. The number of carbonyl (C=O) groups excluding carboxylic acids is 1. The number of carbonyl (C=O) groups is 1. The van der Waals surface area contributed by atoms with Gasteiger partial charge in [-0.25, -0.2) is 4.79 Å². The molecule has 134 valence electrons. The molecule has 1 aromatic heterocycles. The van der Waals surface area contributed by atoms with Gasteiger partial charge in [-0.3, -0.25) is 13.9 Å². The fourth-order valence-electron chi connectivity index (χ4n) is 3.80. The van der Waals surface area contributed by atoms with Gasteiger partial charge in [0.25, 0.3) is 0 Å². The number of ether oxygens (including phenoxy) is 1. The molecule has 1 aliphatic heterocycles. The van der Waals surface area contributed by atoms with E-state index in [4.69, 9.17) is 4.74 Å². The van der Waals surface area contributed by atoms with Crippen molar-refractivity contribution >= 4 is 16.9 Å². The van der Waals surface area contributed by atoms with Crippen molar-refractivity contribution in [2.24, 2.45) is 5.92 Å². The Balaban J connectivity index is 1.60. The summed E-state index contributed by atoms with van der Waals surface area (Å²) in [6.45, 7) is 4.97. The van der Waals surface area contributed by atoms with Crippen LogP contribution in [0.5, 0.6) is 0 Å². The Hall–Kier alpha value is -2.08. The summed E-state index contributed by atoms with van der Waals surface area (Å²) in [5.74, 6) is 0.480. The number of imidazole rings is 1. The van der Waals surface area contributed by atoms with E-state index in [0.29, 0.717) is 18.5 Å². The van der Waals surface area contributed by atoms with Gasteiger partial charge in [0.2, 0.25) is 5.91 Å². The van der Waals surface area contributed by atoms with Crippen molar-refractivity contribution in [1.82, 2.24) is 14.0 Å². The molecule has 1 saturated heterocycles. The van der Waals surface area contributed by atoms with Crippen LogP contribution >= 0.6 is 0 Å². The zero-order chi connectivity index (χ0) is 17.4. The summed E-state index contributed by atoms with van der Waals surface area (Å²) in [5, 5.41) is 0. The Bertz CT molecular complexity index is 828. The minimum atomic E-state index is -0.100. The van der Waals surface area contributed by atoms with Crippen LogP contribution in [0.2, 0.25) is 0 Å². The number of fused-ring (bicyclic) bond motifs is 1. The second kappa shape index (κ2) is 6.67. The first-order valence-electron chi connectivity index (χ1n) is 9.24. The number of hydrogen-bond donors (Lipinski definition) is 0.